The van der Waals surface area contributed by atoms with Crippen molar-refractivity contribution in [3.8, 4) is 11.5 Å². The summed E-state index contributed by atoms with van der Waals surface area (Å²) in [6, 6.07) is 10.6. The first kappa shape index (κ1) is 16.5. The van der Waals surface area contributed by atoms with Crippen LogP contribution in [0.15, 0.2) is 46.2 Å². The SMILES string of the molecule is COc1ccc(SSc2ccc(OC)cc2C=O)c(C=O)c1. The third-order valence-electron chi connectivity index (χ3n) is 2.91. The van der Waals surface area contributed by atoms with Crippen molar-refractivity contribution in [3.63, 3.8) is 0 Å². The van der Waals surface area contributed by atoms with Crippen LogP contribution in [0.3, 0.4) is 0 Å². The second kappa shape index (κ2) is 7.91. The van der Waals surface area contributed by atoms with E-state index in [1.54, 1.807) is 38.5 Å². The number of hydrogen-bond acceptors (Lipinski definition) is 6. The maximum Gasteiger partial charge on any atom is 0.151 e. The van der Waals surface area contributed by atoms with E-state index in [0.717, 1.165) is 22.4 Å². The molecular weight excluding hydrogens is 320 g/mol. The molecule has 0 heterocycles. The van der Waals surface area contributed by atoms with Gasteiger partial charge in [-0.2, -0.15) is 0 Å². The van der Waals surface area contributed by atoms with Crippen LogP contribution in [0.1, 0.15) is 20.7 Å². The topological polar surface area (TPSA) is 52.6 Å². The molecule has 0 aliphatic heterocycles. The Morgan fingerprint density at radius 2 is 1.18 bits per heavy atom. The monoisotopic (exact) mass is 334 g/mol. The molecule has 0 fully saturated rings. The average molecular weight is 334 g/mol. The second-order valence-corrected chi connectivity index (χ2v) is 6.42. The van der Waals surface area contributed by atoms with E-state index in [-0.39, 0.29) is 0 Å². The predicted molar refractivity (Wildman–Crippen MR) is 88.5 cm³/mol. The van der Waals surface area contributed by atoms with Gasteiger partial charge in [0.25, 0.3) is 0 Å². The Balaban J connectivity index is 2.19. The fraction of sp³-hybridized carbons (Fsp3) is 0.125. The van der Waals surface area contributed by atoms with Gasteiger partial charge in [0.1, 0.15) is 11.5 Å². The standard InChI is InChI=1S/C16H14O4S2/c1-19-13-3-5-15(11(7-13)9-17)21-22-16-6-4-14(20-2)8-12(16)10-18/h3-10H,1-2H3. The summed E-state index contributed by atoms with van der Waals surface area (Å²) >= 11 is 0. The van der Waals surface area contributed by atoms with Crippen LogP contribution in [0.2, 0.25) is 0 Å². The van der Waals surface area contributed by atoms with Gasteiger partial charge in [-0.3, -0.25) is 9.59 Å². The highest BCUT2D eigenvalue weighted by molar-refractivity contribution is 8.76. The van der Waals surface area contributed by atoms with Gasteiger partial charge in [-0.15, -0.1) is 0 Å². The van der Waals surface area contributed by atoms with Gasteiger partial charge in [0, 0.05) is 20.9 Å². The van der Waals surface area contributed by atoms with Crippen molar-refractivity contribution in [1.29, 1.82) is 0 Å². The van der Waals surface area contributed by atoms with Gasteiger partial charge in [0.05, 0.1) is 14.2 Å². The zero-order valence-electron chi connectivity index (χ0n) is 12.1. The molecule has 0 saturated heterocycles. The van der Waals surface area contributed by atoms with Crippen LogP contribution in [0, 0.1) is 0 Å². The van der Waals surface area contributed by atoms with E-state index in [1.807, 2.05) is 12.1 Å². The zero-order chi connectivity index (χ0) is 15.9. The first-order valence-corrected chi connectivity index (χ1v) is 8.47. The fourth-order valence-electron chi connectivity index (χ4n) is 1.73. The average Bonchev–Trinajstić information content (AvgIpc) is 2.59. The Bertz CT molecular complexity index is 626. The number of rotatable bonds is 7. The quantitative estimate of drug-likeness (QED) is 0.560. The second-order valence-electron chi connectivity index (χ2n) is 4.21. The molecule has 0 N–H and O–H groups in total. The molecule has 4 nitrogen and oxygen atoms in total. The highest BCUT2D eigenvalue weighted by Gasteiger charge is 2.09. The molecule has 6 heteroatoms. The molecule has 2 rings (SSSR count). The van der Waals surface area contributed by atoms with Crippen LogP contribution in [0.4, 0.5) is 0 Å². The maximum absolute atomic E-state index is 11.2. The van der Waals surface area contributed by atoms with Crippen molar-refractivity contribution < 1.29 is 19.1 Å². The lowest BCUT2D eigenvalue weighted by atomic mass is 10.2. The number of carbonyl (C=O) groups is 2. The van der Waals surface area contributed by atoms with Crippen LogP contribution in [0.25, 0.3) is 0 Å². The van der Waals surface area contributed by atoms with Crippen LogP contribution < -0.4 is 9.47 Å². The van der Waals surface area contributed by atoms with E-state index < -0.39 is 0 Å². The predicted octanol–water partition coefficient (Wildman–Crippen LogP) is 4.13. The van der Waals surface area contributed by atoms with Crippen LogP contribution in [0.5, 0.6) is 11.5 Å². The van der Waals surface area contributed by atoms with Crippen molar-refractivity contribution in [1.82, 2.24) is 0 Å². The summed E-state index contributed by atoms with van der Waals surface area (Å²) in [5.41, 5.74) is 1.11. The first-order valence-electron chi connectivity index (χ1n) is 6.32. The van der Waals surface area contributed by atoms with Crippen LogP contribution in [-0.4, -0.2) is 26.8 Å². The van der Waals surface area contributed by atoms with Crippen LogP contribution >= 0.6 is 21.6 Å². The minimum atomic E-state index is 0.554. The highest BCUT2D eigenvalue weighted by atomic mass is 33.1. The Hall–Kier alpha value is -1.92. The normalized spacial score (nSPS) is 10.1. The minimum absolute atomic E-state index is 0.554. The molecule has 0 aromatic heterocycles. The molecule has 0 radical (unpaired) electrons. The lowest BCUT2D eigenvalue weighted by Gasteiger charge is -2.08. The van der Waals surface area contributed by atoms with E-state index in [0.29, 0.717) is 22.6 Å². The maximum atomic E-state index is 11.2. The molecule has 0 bridgehead atoms. The van der Waals surface area contributed by atoms with Gasteiger partial charge in [-0.05, 0) is 36.4 Å². The number of carbonyl (C=O) groups excluding carboxylic acids is 2. The Labute approximate surface area is 136 Å². The fourth-order valence-corrected chi connectivity index (χ4v) is 4.02. The number of benzene rings is 2. The van der Waals surface area contributed by atoms with Crippen molar-refractivity contribution >= 4 is 34.2 Å². The summed E-state index contributed by atoms with van der Waals surface area (Å²) < 4.78 is 10.2. The number of hydrogen-bond donors (Lipinski definition) is 0. The lowest BCUT2D eigenvalue weighted by molar-refractivity contribution is 0.111. The summed E-state index contributed by atoms with van der Waals surface area (Å²) in [6.07, 6.45) is 1.58. The first-order chi connectivity index (χ1) is 10.7. The van der Waals surface area contributed by atoms with E-state index in [9.17, 15) is 9.59 Å². The van der Waals surface area contributed by atoms with Crippen molar-refractivity contribution in [2.75, 3.05) is 14.2 Å². The Kier molecular flexibility index (Phi) is 5.91. The Morgan fingerprint density at radius 1 is 0.773 bits per heavy atom. The number of aldehydes is 2. The molecule has 2 aromatic rings. The molecule has 114 valence electrons. The smallest absolute Gasteiger partial charge is 0.151 e. The molecule has 2 aromatic carbocycles. The molecule has 0 aliphatic rings. The largest absolute Gasteiger partial charge is 0.497 e. The van der Waals surface area contributed by atoms with Gasteiger partial charge >= 0.3 is 0 Å². The van der Waals surface area contributed by atoms with E-state index in [1.165, 1.54) is 21.6 Å². The molecule has 22 heavy (non-hydrogen) atoms. The Morgan fingerprint density at radius 3 is 1.50 bits per heavy atom. The minimum Gasteiger partial charge on any atom is -0.497 e. The third kappa shape index (κ3) is 3.84. The van der Waals surface area contributed by atoms with E-state index in [4.69, 9.17) is 9.47 Å². The lowest BCUT2D eigenvalue weighted by Crippen LogP contribution is -1.89. The summed E-state index contributed by atoms with van der Waals surface area (Å²) in [4.78, 5) is 24.0. The van der Waals surface area contributed by atoms with E-state index in [2.05, 4.69) is 0 Å². The van der Waals surface area contributed by atoms with Crippen molar-refractivity contribution in [2.45, 2.75) is 9.79 Å². The molecule has 0 atom stereocenters. The molecule has 0 amide bonds. The highest BCUT2D eigenvalue weighted by Crippen LogP contribution is 2.41. The van der Waals surface area contributed by atoms with Crippen molar-refractivity contribution in [3.05, 3.63) is 47.5 Å². The van der Waals surface area contributed by atoms with Gasteiger partial charge in [0.15, 0.2) is 12.6 Å². The van der Waals surface area contributed by atoms with Crippen LogP contribution in [-0.2, 0) is 0 Å². The number of methoxy groups -OCH3 is 2. The van der Waals surface area contributed by atoms with Crippen molar-refractivity contribution in [2.24, 2.45) is 0 Å². The molecular formula is C16H14O4S2. The molecule has 0 unspecified atom stereocenters. The van der Waals surface area contributed by atoms with Gasteiger partial charge in [-0.1, -0.05) is 21.6 Å². The number of ether oxygens (including phenoxy) is 2. The van der Waals surface area contributed by atoms with Gasteiger partial charge in [-0.25, -0.2) is 0 Å². The zero-order valence-corrected chi connectivity index (χ0v) is 13.7. The molecule has 0 aliphatic carbocycles. The third-order valence-corrected chi connectivity index (χ3v) is 5.42. The summed E-state index contributed by atoms with van der Waals surface area (Å²) in [6.45, 7) is 0. The van der Waals surface area contributed by atoms with E-state index >= 15 is 0 Å². The summed E-state index contributed by atoms with van der Waals surface area (Å²) in [7, 11) is 5.94. The van der Waals surface area contributed by atoms with Gasteiger partial charge < -0.3 is 9.47 Å². The molecule has 0 saturated carbocycles. The summed E-state index contributed by atoms with van der Waals surface area (Å²) in [5.74, 6) is 1.27. The van der Waals surface area contributed by atoms with Gasteiger partial charge in [0.2, 0.25) is 0 Å². The summed E-state index contributed by atoms with van der Waals surface area (Å²) in [5, 5.41) is 0. The molecule has 0 spiro atoms.